The maximum atomic E-state index is 13.9. The van der Waals surface area contributed by atoms with E-state index in [-0.39, 0.29) is 11.7 Å². The molecular formula is C21H22FN5OS. The van der Waals surface area contributed by atoms with Crippen LogP contribution in [0.2, 0.25) is 0 Å². The quantitative estimate of drug-likeness (QED) is 0.451. The summed E-state index contributed by atoms with van der Waals surface area (Å²) >= 11 is 1.43. The molecular weight excluding hydrogens is 389 g/mol. The molecule has 0 unspecified atom stereocenters. The van der Waals surface area contributed by atoms with E-state index in [0.717, 1.165) is 30.6 Å². The highest BCUT2D eigenvalue weighted by molar-refractivity contribution is 7.12. The van der Waals surface area contributed by atoms with Crippen molar-refractivity contribution in [3.05, 3.63) is 64.2 Å². The fraction of sp³-hybridized carbons (Fsp3) is 0.286. The summed E-state index contributed by atoms with van der Waals surface area (Å²) in [4.78, 5) is 21.6. The van der Waals surface area contributed by atoms with Gasteiger partial charge in [-0.1, -0.05) is 18.2 Å². The highest BCUT2D eigenvalue weighted by Gasteiger charge is 2.27. The Morgan fingerprint density at radius 1 is 1.17 bits per heavy atom. The monoisotopic (exact) mass is 411 g/mol. The Bertz CT molecular complexity index is 975. The van der Waals surface area contributed by atoms with Gasteiger partial charge in [-0.2, -0.15) is 4.98 Å². The number of benzene rings is 1. The maximum absolute atomic E-state index is 13.9. The van der Waals surface area contributed by atoms with Crippen LogP contribution in [0.5, 0.6) is 0 Å². The van der Waals surface area contributed by atoms with Crippen LogP contribution in [0.25, 0.3) is 0 Å². The fourth-order valence-corrected chi connectivity index (χ4v) is 3.60. The number of carbonyl (C=O) groups is 1. The van der Waals surface area contributed by atoms with Crippen molar-refractivity contribution in [2.45, 2.75) is 25.2 Å². The van der Waals surface area contributed by atoms with Crippen LogP contribution >= 0.6 is 11.3 Å². The second-order valence-corrected chi connectivity index (χ2v) is 7.84. The van der Waals surface area contributed by atoms with E-state index in [1.54, 1.807) is 18.2 Å². The largest absolute Gasteiger partial charge is 0.370 e. The van der Waals surface area contributed by atoms with Gasteiger partial charge in [-0.15, -0.1) is 11.3 Å². The summed E-state index contributed by atoms with van der Waals surface area (Å²) in [5, 5.41) is 11.1. The first-order chi connectivity index (χ1) is 14.2. The molecule has 0 saturated heterocycles. The number of nitrogens with one attached hydrogen (secondary N) is 3. The second-order valence-electron chi connectivity index (χ2n) is 6.89. The van der Waals surface area contributed by atoms with Gasteiger partial charge >= 0.3 is 0 Å². The summed E-state index contributed by atoms with van der Waals surface area (Å²) in [6.45, 7) is 1.24. The molecule has 150 valence electrons. The first-order valence-electron chi connectivity index (χ1n) is 9.65. The summed E-state index contributed by atoms with van der Waals surface area (Å²) in [6, 6.07) is 10.1. The topological polar surface area (TPSA) is 78.9 Å². The fourth-order valence-electron chi connectivity index (χ4n) is 2.96. The molecule has 1 fully saturated rings. The van der Waals surface area contributed by atoms with E-state index in [4.69, 9.17) is 0 Å². The van der Waals surface area contributed by atoms with E-state index in [1.165, 1.54) is 17.4 Å². The Kier molecular flexibility index (Phi) is 6.00. The summed E-state index contributed by atoms with van der Waals surface area (Å²) in [5.41, 5.74) is 1.43. The Hall–Kier alpha value is -3.00. The molecule has 0 radical (unpaired) electrons. The van der Waals surface area contributed by atoms with Gasteiger partial charge in [-0.05, 0) is 48.8 Å². The molecule has 3 aromatic rings. The summed E-state index contributed by atoms with van der Waals surface area (Å²) in [6.07, 6.45) is 4.85. The lowest BCUT2D eigenvalue weighted by molar-refractivity contribution is 0.0957. The third-order valence-corrected chi connectivity index (χ3v) is 5.50. The highest BCUT2D eigenvalue weighted by Crippen LogP contribution is 2.42. The first kappa shape index (κ1) is 19.3. The van der Waals surface area contributed by atoms with E-state index in [0.29, 0.717) is 35.5 Å². The predicted molar refractivity (Wildman–Crippen MR) is 113 cm³/mol. The molecule has 1 aromatic carbocycles. The molecule has 1 aliphatic carbocycles. The van der Waals surface area contributed by atoms with E-state index < -0.39 is 0 Å². The zero-order valence-electron chi connectivity index (χ0n) is 15.8. The number of aromatic nitrogens is 2. The molecule has 0 bridgehead atoms. The van der Waals surface area contributed by atoms with Gasteiger partial charge in [0.1, 0.15) is 11.6 Å². The number of rotatable bonds is 9. The molecule has 1 amide bonds. The van der Waals surface area contributed by atoms with Gasteiger partial charge in [-0.25, -0.2) is 9.37 Å². The zero-order chi connectivity index (χ0) is 20.1. The number of amides is 1. The Morgan fingerprint density at radius 3 is 2.79 bits per heavy atom. The van der Waals surface area contributed by atoms with Crippen molar-refractivity contribution < 1.29 is 9.18 Å². The molecule has 29 heavy (non-hydrogen) atoms. The number of hydrogen-bond donors (Lipinski definition) is 3. The average Bonchev–Trinajstić information content (AvgIpc) is 3.42. The number of nitrogens with zero attached hydrogens (tertiary/aromatic N) is 2. The van der Waals surface area contributed by atoms with Crippen molar-refractivity contribution >= 4 is 34.7 Å². The Balaban J connectivity index is 1.34. The number of halogens is 1. The lowest BCUT2D eigenvalue weighted by atomic mass is 10.2. The molecule has 1 saturated carbocycles. The van der Waals surface area contributed by atoms with Gasteiger partial charge in [0.2, 0.25) is 5.95 Å². The summed E-state index contributed by atoms with van der Waals surface area (Å²) < 4.78 is 13.9. The second kappa shape index (κ2) is 9.00. The molecule has 0 atom stereocenters. The Morgan fingerprint density at radius 2 is 2.03 bits per heavy atom. The van der Waals surface area contributed by atoms with Gasteiger partial charge in [0, 0.05) is 24.8 Å². The number of hydrogen-bond acceptors (Lipinski definition) is 6. The standard InChI is InChI=1S/C21H22FN5OS/c22-16-5-1-2-6-17(16)26-21-25-13-15(14-8-9-14)19(27-21)23-10-4-11-24-20(28)18-7-3-12-29-18/h1-3,5-7,12-14H,4,8-11H2,(H,24,28)(H2,23,25,26,27). The van der Waals surface area contributed by atoms with Crippen molar-refractivity contribution in [1.29, 1.82) is 0 Å². The van der Waals surface area contributed by atoms with Crippen molar-refractivity contribution in [1.82, 2.24) is 15.3 Å². The normalized spacial score (nSPS) is 13.1. The van der Waals surface area contributed by atoms with Gasteiger partial charge in [0.25, 0.3) is 5.91 Å². The van der Waals surface area contributed by atoms with Crippen molar-refractivity contribution in [2.75, 3.05) is 23.7 Å². The number of para-hydroxylation sites is 1. The smallest absolute Gasteiger partial charge is 0.261 e. The number of thiophene rings is 1. The predicted octanol–water partition coefficient (Wildman–Crippen LogP) is 4.53. The van der Waals surface area contributed by atoms with Gasteiger partial charge in [0.05, 0.1) is 10.6 Å². The molecule has 2 aromatic heterocycles. The highest BCUT2D eigenvalue weighted by atomic mass is 32.1. The van der Waals surface area contributed by atoms with Crippen LogP contribution in [0, 0.1) is 5.82 Å². The molecule has 1 aliphatic rings. The van der Waals surface area contributed by atoms with Crippen LogP contribution in [0.3, 0.4) is 0 Å². The van der Waals surface area contributed by atoms with E-state index >= 15 is 0 Å². The minimum absolute atomic E-state index is 0.0444. The van der Waals surface area contributed by atoms with Crippen LogP contribution in [-0.4, -0.2) is 29.0 Å². The average molecular weight is 412 g/mol. The summed E-state index contributed by atoms with van der Waals surface area (Å²) in [5.74, 6) is 1.22. The molecule has 4 rings (SSSR count). The van der Waals surface area contributed by atoms with Crippen LogP contribution < -0.4 is 16.0 Å². The summed E-state index contributed by atoms with van der Waals surface area (Å²) in [7, 11) is 0. The lowest BCUT2D eigenvalue weighted by Gasteiger charge is -2.13. The number of anilines is 3. The Labute approximate surface area is 172 Å². The molecule has 6 nitrogen and oxygen atoms in total. The van der Waals surface area contributed by atoms with E-state index in [2.05, 4.69) is 25.9 Å². The molecule has 8 heteroatoms. The van der Waals surface area contributed by atoms with Crippen molar-refractivity contribution in [3.63, 3.8) is 0 Å². The van der Waals surface area contributed by atoms with Crippen molar-refractivity contribution in [2.24, 2.45) is 0 Å². The third-order valence-electron chi connectivity index (χ3n) is 4.63. The molecule has 0 aliphatic heterocycles. The van der Waals surface area contributed by atoms with Crippen LogP contribution in [0.15, 0.2) is 48.0 Å². The van der Waals surface area contributed by atoms with E-state index in [9.17, 15) is 9.18 Å². The molecule has 2 heterocycles. The zero-order valence-corrected chi connectivity index (χ0v) is 16.6. The van der Waals surface area contributed by atoms with Crippen LogP contribution in [0.4, 0.5) is 21.8 Å². The van der Waals surface area contributed by atoms with Crippen molar-refractivity contribution in [3.8, 4) is 0 Å². The minimum atomic E-state index is -0.349. The van der Waals surface area contributed by atoms with Crippen LogP contribution in [0.1, 0.15) is 40.4 Å². The SMILES string of the molecule is O=C(NCCCNc1nc(Nc2ccccc2F)ncc1C1CC1)c1cccs1. The van der Waals surface area contributed by atoms with Crippen LogP contribution in [-0.2, 0) is 0 Å². The van der Waals surface area contributed by atoms with E-state index in [1.807, 2.05) is 23.7 Å². The maximum Gasteiger partial charge on any atom is 0.261 e. The van der Waals surface area contributed by atoms with Gasteiger partial charge in [0.15, 0.2) is 0 Å². The number of carbonyl (C=O) groups excluding carboxylic acids is 1. The first-order valence-corrected chi connectivity index (χ1v) is 10.5. The molecule has 3 N–H and O–H groups in total. The van der Waals surface area contributed by atoms with Gasteiger partial charge < -0.3 is 16.0 Å². The minimum Gasteiger partial charge on any atom is -0.370 e. The molecule has 0 spiro atoms. The van der Waals surface area contributed by atoms with Gasteiger partial charge in [-0.3, -0.25) is 4.79 Å². The lowest BCUT2D eigenvalue weighted by Crippen LogP contribution is -2.25. The third kappa shape index (κ3) is 5.08.